The van der Waals surface area contributed by atoms with Crippen molar-refractivity contribution in [2.75, 3.05) is 19.8 Å². The summed E-state index contributed by atoms with van der Waals surface area (Å²) < 4.78 is 30.4. The molecule has 0 radical (unpaired) electrons. The smallest absolute Gasteiger partial charge is 0.163 e. The molecular formula is C27H36O5. The second-order valence-corrected chi connectivity index (χ2v) is 9.80. The van der Waals surface area contributed by atoms with E-state index in [9.17, 15) is 0 Å². The third kappa shape index (κ3) is 4.95. The van der Waals surface area contributed by atoms with Crippen molar-refractivity contribution in [2.24, 2.45) is 0 Å². The monoisotopic (exact) mass is 440 g/mol. The van der Waals surface area contributed by atoms with E-state index in [2.05, 4.69) is 39.8 Å². The zero-order valence-corrected chi connectivity index (χ0v) is 20.2. The molecule has 32 heavy (non-hydrogen) atoms. The van der Waals surface area contributed by atoms with Crippen LogP contribution in [0.4, 0.5) is 0 Å². The molecule has 5 nitrogen and oxygen atoms in total. The summed E-state index contributed by atoms with van der Waals surface area (Å²) in [6.45, 7) is 14.6. The predicted molar refractivity (Wildman–Crippen MR) is 125 cm³/mol. The molecule has 2 heterocycles. The van der Waals surface area contributed by atoms with E-state index in [-0.39, 0.29) is 11.7 Å². The molecule has 2 atom stereocenters. The van der Waals surface area contributed by atoms with Gasteiger partial charge in [0.25, 0.3) is 0 Å². The first-order valence-electron chi connectivity index (χ1n) is 11.6. The largest absolute Gasteiger partial charge is 0.488 e. The Balaban J connectivity index is 1.43. The van der Waals surface area contributed by atoms with Crippen molar-refractivity contribution in [1.29, 1.82) is 0 Å². The van der Waals surface area contributed by atoms with Gasteiger partial charge in [0.1, 0.15) is 29.8 Å². The Kier molecular flexibility index (Phi) is 6.53. The van der Waals surface area contributed by atoms with Gasteiger partial charge in [-0.3, -0.25) is 0 Å². The second kappa shape index (κ2) is 9.05. The van der Waals surface area contributed by atoms with E-state index < -0.39 is 5.79 Å². The van der Waals surface area contributed by atoms with Crippen LogP contribution in [0.25, 0.3) is 0 Å². The molecule has 2 aromatic rings. The maximum Gasteiger partial charge on any atom is 0.163 e. The van der Waals surface area contributed by atoms with Gasteiger partial charge in [0.15, 0.2) is 5.79 Å². The van der Waals surface area contributed by atoms with E-state index in [1.807, 2.05) is 32.0 Å². The summed E-state index contributed by atoms with van der Waals surface area (Å²) in [7, 11) is 0. The van der Waals surface area contributed by atoms with Gasteiger partial charge >= 0.3 is 0 Å². The van der Waals surface area contributed by atoms with Crippen LogP contribution in [-0.4, -0.2) is 37.3 Å². The lowest BCUT2D eigenvalue weighted by Crippen LogP contribution is -2.42. The van der Waals surface area contributed by atoms with E-state index in [4.69, 9.17) is 23.7 Å². The molecule has 2 unspecified atom stereocenters. The van der Waals surface area contributed by atoms with Crippen LogP contribution < -0.4 is 9.47 Å². The highest BCUT2D eigenvalue weighted by Gasteiger charge is 2.37. The minimum atomic E-state index is -0.523. The Morgan fingerprint density at radius 3 is 2.44 bits per heavy atom. The molecule has 1 fully saturated rings. The van der Waals surface area contributed by atoms with Gasteiger partial charge in [0, 0.05) is 5.56 Å². The molecule has 0 spiro atoms. The van der Waals surface area contributed by atoms with E-state index in [0.717, 1.165) is 35.5 Å². The Bertz CT molecular complexity index is 953. The molecule has 0 aromatic heterocycles. The summed E-state index contributed by atoms with van der Waals surface area (Å²) in [6, 6.07) is 10.3. The summed E-state index contributed by atoms with van der Waals surface area (Å²) in [5.41, 5.74) is 5.53. The van der Waals surface area contributed by atoms with Crippen molar-refractivity contribution in [3.63, 3.8) is 0 Å². The molecule has 1 saturated heterocycles. The first kappa shape index (κ1) is 23.1. The van der Waals surface area contributed by atoms with Crippen LogP contribution >= 0.6 is 0 Å². The van der Waals surface area contributed by atoms with Crippen molar-refractivity contribution >= 4 is 0 Å². The van der Waals surface area contributed by atoms with Gasteiger partial charge in [0.2, 0.25) is 0 Å². The Morgan fingerprint density at radius 2 is 1.75 bits per heavy atom. The lowest BCUT2D eigenvalue weighted by atomic mass is 9.87. The summed E-state index contributed by atoms with van der Waals surface area (Å²) in [5.74, 6) is 1.45. The highest BCUT2D eigenvalue weighted by Crippen LogP contribution is 2.44. The van der Waals surface area contributed by atoms with Crippen LogP contribution in [0.2, 0.25) is 0 Å². The predicted octanol–water partition coefficient (Wildman–Crippen LogP) is 5.44. The third-order valence-corrected chi connectivity index (χ3v) is 6.57. The maximum absolute atomic E-state index is 6.58. The molecule has 5 heteroatoms. The van der Waals surface area contributed by atoms with Gasteiger partial charge in [-0.1, -0.05) is 30.3 Å². The highest BCUT2D eigenvalue weighted by atomic mass is 16.7. The number of benzene rings is 2. The normalized spacial score (nSPS) is 24.1. The number of hydrogen-bond donors (Lipinski definition) is 0. The Morgan fingerprint density at radius 1 is 1.00 bits per heavy atom. The number of hydrogen-bond acceptors (Lipinski definition) is 5. The third-order valence-electron chi connectivity index (χ3n) is 6.57. The van der Waals surface area contributed by atoms with Gasteiger partial charge in [-0.05, 0) is 76.6 Å². The molecule has 174 valence electrons. The fourth-order valence-electron chi connectivity index (χ4n) is 4.58. The molecule has 0 bridgehead atoms. The fourth-order valence-corrected chi connectivity index (χ4v) is 4.58. The van der Waals surface area contributed by atoms with Crippen molar-refractivity contribution < 1.29 is 23.7 Å². The van der Waals surface area contributed by atoms with Gasteiger partial charge in [0.05, 0.1) is 19.8 Å². The van der Waals surface area contributed by atoms with Crippen LogP contribution in [0, 0.1) is 20.8 Å². The minimum Gasteiger partial charge on any atom is -0.488 e. The lowest BCUT2D eigenvalue weighted by molar-refractivity contribution is -0.148. The van der Waals surface area contributed by atoms with E-state index in [1.54, 1.807) is 0 Å². The maximum atomic E-state index is 6.58. The van der Waals surface area contributed by atoms with Crippen LogP contribution in [-0.2, 0) is 27.2 Å². The molecule has 0 saturated carbocycles. The molecule has 2 aliphatic rings. The van der Waals surface area contributed by atoms with Crippen LogP contribution in [0.5, 0.6) is 11.5 Å². The molecule has 0 N–H and O–H groups in total. The fraction of sp³-hybridized carbons (Fsp3) is 0.556. The van der Waals surface area contributed by atoms with Crippen LogP contribution in [0.3, 0.4) is 0 Å². The minimum absolute atomic E-state index is 0.0278. The number of fused-ring (bicyclic) bond motifs is 1. The van der Waals surface area contributed by atoms with Crippen LogP contribution in [0.15, 0.2) is 30.3 Å². The number of ether oxygens (including phenoxy) is 5. The zero-order chi connectivity index (χ0) is 22.9. The van der Waals surface area contributed by atoms with Crippen LogP contribution in [0.1, 0.15) is 55.0 Å². The molecule has 2 aromatic carbocycles. The van der Waals surface area contributed by atoms with Gasteiger partial charge in [-0.2, -0.15) is 0 Å². The molecule has 0 aliphatic carbocycles. The SMILES string of the molecule is Cc1c(C)c2c(c(C)c1OCc1ccccc1)CCC(C)(COCC1COC(C)(C)O1)O2. The standard InChI is InChI=1S/C27H36O5/c1-18-19(2)25-23(20(3)24(18)29-14-21-10-8-7-9-11-21)12-13-27(6,32-25)17-28-15-22-16-30-26(4,5)31-22/h7-11,22H,12-17H2,1-6H3. The van der Waals surface area contributed by atoms with Crippen molar-refractivity contribution in [1.82, 2.24) is 0 Å². The van der Waals surface area contributed by atoms with Crippen molar-refractivity contribution in [3.8, 4) is 11.5 Å². The van der Waals surface area contributed by atoms with Gasteiger partial charge in [-0.25, -0.2) is 0 Å². The van der Waals surface area contributed by atoms with Gasteiger partial charge < -0.3 is 23.7 Å². The number of rotatable bonds is 7. The first-order valence-corrected chi connectivity index (χ1v) is 11.6. The Labute approximate surface area is 192 Å². The van der Waals surface area contributed by atoms with E-state index in [1.165, 1.54) is 16.7 Å². The Hall–Kier alpha value is -2.08. The first-order chi connectivity index (χ1) is 15.2. The molecule has 0 amide bonds. The second-order valence-electron chi connectivity index (χ2n) is 9.80. The quantitative estimate of drug-likeness (QED) is 0.573. The topological polar surface area (TPSA) is 46.2 Å². The lowest BCUT2D eigenvalue weighted by Gasteiger charge is -2.38. The molecular weight excluding hydrogens is 404 g/mol. The van der Waals surface area contributed by atoms with E-state index in [0.29, 0.717) is 26.4 Å². The van der Waals surface area contributed by atoms with Crippen molar-refractivity contribution in [2.45, 2.75) is 78.5 Å². The summed E-state index contributed by atoms with van der Waals surface area (Å²) in [4.78, 5) is 0. The average Bonchev–Trinajstić information content (AvgIpc) is 3.11. The van der Waals surface area contributed by atoms with E-state index >= 15 is 0 Å². The molecule has 2 aliphatic heterocycles. The highest BCUT2D eigenvalue weighted by molar-refractivity contribution is 5.59. The summed E-state index contributed by atoms with van der Waals surface area (Å²) >= 11 is 0. The summed E-state index contributed by atoms with van der Waals surface area (Å²) in [5, 5.41) is 0. The average molecular weight is 441 g/mol. The zero-order valence-electron chi connectivity index (χ0n) is 20.2. The van der Waals surface area contributed by atoms with Crippen molar-refractivity contribution in [3.05, 3.63) is 58.1 Å². The van der Waals surface area contributed by atoms with Gasteiger partial charge in [-0.15, -0.1) is 0 Å². The summed E-state index contributed by atoms with van der Waals surface area (Å²) in [6.07, 6.45) is 1.81. The molecule has 4 rings (SSSR count).